The van der Waals surface area contributed by atoms with E-state index in [1.807, 2.05) is 0 Å². The van der Waals surface area contributed by atoms with Crippen LogP contribution in [0.4, 0.5) is 0 Å². The molecule has 84 valence electrons. The molecule has 0 spiro atoms. The van der Waals surface area contributed by atoms with Crippen molar-refractivity contribution in [3.05, 3.63) is 0 Å². The van der Waals surface area contributed by atoms with Gasteiger partial charge in [-0.1, -0.05) is 0 Å². The quantitative estimate of drug-likeness (QED) is 0.656. The van der Waals surface area contributed by atoms with Gasteiger partial charge in [0.15, 0.2) is 0 Å². The summed E-state index contributed by atoms with van der Waals surface area (Å²) in [6, 6.07) is 2.50. The van der Waals surface area contributed by atoms with Crippen LogP contribution in [0.15, 0.2) is 0 Å². The SMILES string of the molecule is CN1CCOC(CN2CCCC2C#N)C1. The molecule has 2 aliphatic heterocycles. The van der Waals surface area contributed by atoms with Crippen molar-refractivity contribution >= 4 is 0 Å². The summed E-state index contributed by atoms with van der Waals surface area (Å²) in [6.45, 7) is 4.82. The molecule has 2 fully saturated rings. The number of nitriles is 1. The largest absolute Gasteiger partial charge is 0.374 e. The summed E-state index contributed by atoms with van der Waals surface area (Å²) in [6.07, 6.45) is 2.47. The lowest BCUT2D eigenvalue weighted by atomic mass is 10.2. The number of morpholine rings is 1. The molecule has 2 atom stereocenters. The molecule has 0 aliphatic carbocycles. The van der Waals surface area contributed by atoms with Gasteiger partial charge in [-0.25, -0.2) is 0 Å². The molecule has 2 heterocycles. The van der Waals surface area contributed by atoms with Gasteiger partial charge in [0.05, 0.1) is 24.8 Å². The molecule has 0 radical (unpaired) electrons. The van der Waals surface area contributed by atoms with E-state index in [1.54, 1.807) is 0 Å². The van der Waals surface area contributed by atoms with E-state index in [9.17, 15) is 0 Å². The highest BCUT2D eigenvalue weighted by Gasteiger charge is 2.28. The number of hydrogen-bond donors (Lipinski definition) is 0. The van der Waals surface area contributed by atoms with E-state index in [-0.39, 0.29) is 12.1 Å². The Balaban J connectivity index is 1.83. The van der Waals surface area contributed by atoms with Gasteiger partial charge in [0.25, 0.3) is 0 Å². The van der Waals surface area contributed by atoms with Crippen molar-refractivity contribution in [3.63, 3.8) is 0 Å². The molecule has 4 heteroatoms. The van der Waals surface area contributed by atoms with Crippen LogP contribution in [0, 0.1) is 11.3 Å². The van der Waals surface area contributed by atoms with Crippen molar-refractivity contribution in [1.82, 2.24) is 9.80 Å². The van der Waals surface area contributed by atoms with Crippen LogP contribution in [0.2, 0.25) is 0 Å². The van der Waals surface area contributed by atoms with Crippen molar-refractivity contribution in [2.75, 3.05) is 39.8 Å². The summed E-state index contributed by atoms with van der Waals surface area (Å²) in [5, 5.41) is 8.98. The monoisotopic (exact) mass is 209 g/mol. The van der Waals surface area contributed by atoms with Gasteiger partial charge in [-0.15, -0.1) is 0 Å². The summed E-state index contributed by atoms with van der Waals surface area (Å²) >= 11 is 0. The van der Waals surface area contributed by atoms with Gasteiger partial charge in [0.1, 0.15) is 0 Å². The van der Waals surface area contributed by atoms with E-state index in [0.29, 0.717) is 0 Å². The van der Waals surface area contributed by atoms with E-state index in [0.717, 1.165) is 45.6 Å². The highest BCUT2D eigenvalue weighted by atomic mass is 16.5. The van der Waals surface area contributed by atoms with Gasteiger partial charge in [0, 0.05) is 19.6 Å². The molecular formula is C11H19N3O. The Morgan fingerprint density at radius 3 is 3.07 bits per heavy atom. The van der Waals surface area contributed by atoms with Crippen molar-refractivity contribution in [1.29, 1.82) is 5.26 Å². The highest BCUT2D eigenvalue weighted by molar-refractivity contribution is 4.96. The van der Waals surface area contributed by atoms with E-state index in [1.165, 1.54) is 0 Å². The number of likely N-dealkylation sites (N-methyl/N-ethyl adjacent to an activating group) is 1. The van der Waals surface area contributed by atoms with Gasteiger partial charge in [-0.2, -0.15) is 5.26 Å². The van der Waals surface area contributed by atoms with Crippen molar-refractivity contribution in [2.24, 2.45) is 0 Å². The molecule has 2 rings (SSSR count). The minimum atomic E-state index is 0.126. The Hall–Kier alpha value is -0.630. The van der Waals surface area contributed by atoms with E-state index in [2.05, 4.69) is 22.9 Å². The molecule has 0 aromatic heterocycles. The Morgan fingerprint density at radius 1 is 1.47 bits per heavy atom. The molecule has 15 heavy (non-hydrogen) atoms. The number of likely N-dealkylation sites (tertiary alicyclic amines) is 1. The normalized spacial score (nSPS) is 34.1. The fourth-order valence-electron chi connectivity index (χ4n) is 2.43. The molecule has 0 bridgehead atoms. The van der Waals surface area contributed by atoms with Crippen LogP contribution in [0.25, 0.3) is 0 Å². The van der Waals surface area contributed by atoms with Crippen LogP contribution in [-0.4, -0.2) is 61.8 Å². The zero-order chi connectivity index (χ0) is 10.7. The predicted molar refractivity (Wildman–Crippen MR) is 57.4 cm³/mol. The predicted octanol–water partition coefficient (Wildman–Crippen LogP) is 0.305. The third kappa shape index (κ3) is 2.69. The molecule has 0 saturated carbocycles. The number of rotatable bonds is 2. The molecule has 2 unspecified atom stereocenters. The number of ether oxygens (including phenoxy) is 1. The van der Waals surface area contributed by atoms with E-state index < -0.39 is 0 Å². The molecule has 0 aromatic carbocycles. The standard InChI is InChI=1S/C11H19N3O/c1-13-5-6-15-11(8-13)9-14-4-2-3-10(14)7-12/h10-11H,2-6,8-9H2,1H3. The molecule has 4 nitrogen and oxygen atoms in total. The van der Waals surface area contributed by atoms with Crippen LogP contribution in [0.3, 0.4) is 0 Å². The van der Waals surface area contributed by atoms with Crippen LogP contribution in [0.1, 0.15) is 12.8 Å². The third-order valence-electron chi connectivity index (χ3n) is 3.29. The van der Waals surface area contributed by atoms with E-state index in [4.69, 9.17) is 10.00 Å². The molecule has 0 amide bonds. The second-order valence-corrected chi connectivity index (χ2v) is 4.54. The Bertz CT molecular complexity index is 251. The highest BCUT2D eigenvalue weighted by Crippen LogP contribution is 2.18. The van der Waals surface area contributed by atoms with E-state index >= 15 is 0 Å². The lowest BCUT2D eigenvalue weighted by molar-refractivity contribution is -0.0350. The van der Waals surface area contributed by atoms with Gasteiger partial charge < -0.3 is 9.64 Å². The summed E-state index contributed by atoms with van der Waals surface area (Å²) in [4.78, 5) is 4.56. The van der Waals surface area contributed by atoms with Crippen LogP contribution < -0.4 is 0 Å². The maximum Gasteiger partial charge on any atom is 0.0979 e. The average molecular weight is 209 g/mol. The van der Waals surface area contributed by atoms with Crippen molar-refractivity contribution < 1.29 is 4.74 Å². The molecule has 2 aliphatic rings. The Kier molecular flexibility index (Phi) is 3.57. The second kappa shape index (κ2) is 4.93. The number of hydrogen-bond acceptors (Lipinski definition) is 4. The maximum atomic E-state index is 8.98. The lowest BCUT2D eigenvalue weighted by Gasteiger charge is -2.33. The van der Waals surface area contributed by atoms with Gasteiger partial charge in [0.2, 0.25) is 0 Å². The first-order valence-electron chi connectivity index (χ1n) is 5.73. The smallest absolute Gasteiger partial charge is 0.0979 e. The Labute approximate surface area is 91.4 Å². The average Bonchev–Trinajstić information content (AvgIpc) is 2.65. The summed E-state index contributed by atoms with van der Waals surface area (Å²) in [5.74, 6) is 0. The number of nitrogens with zero attached hydrogens (tertiary/aromatic N) is 3. The van der Waals surface area contributed by atoms with Gasteiger partial charge >= 0.3 is 0 Å². The first-order chi connectivity index (χ1) is 7.29. The van der Waals surface area contributed by atoms with Crippen molar-refractivity contribution in [2.45, 2.75) is 25.0 Å². The maximum absolute atomic E-state index is 8.98. The fourth-order valence-corrected chi connectivity index (χ4v) is 2.43. The summed E-state index contributed by atoms with van der Waals surface area (Å²) < 4.78 is 5.71. The third-order valence-corrected chi connectivity index (χ3v) is 3.29. The van der Waals surface area contributed by atoms with Gasteiger partial charge in [-0.3, -0.25) is 4.90 Å². The van der Waals surface area contributed by atoms with Gasteiger partial charge in [-0.05, 0) is 26.4 Å². The minimum absolute atomic E-state index is 0.126. The second-order valence-electron chi connectivity index (χ2n) is 4.54. The summed E-state index contributed by atoms with van der Waals surface area (Å²) in [5.41, 5.74) is 0. The fraction of sp³-hybridized carbons (Fsp3) is 0.909. The van der Waals surface area contributed by atoms with Crippen molar-refractivity contribution in [3.8, 4) is 6.07 Å². The summed E-state index contributed by atoms with van der Waals surface area (Å²) in [7, 11) is 2.13. The molecular weight excluding hydrogens is 190 g/mol. The molecule has 0 aromatic rings. The van der Waals surface area contributed by atoms with Crippen LogP contribution in [-0.2, 0) is 4.74 Å². The topological polar surface area (TPSA) is 39.5 Å². The first kappa shape index (κ1) is 10.9. The molecule has 2 saturated heterocycles. The zero-order valence-electron chi connectivity index (χ0n) is 9.35. The first-order valence-corrected chi connectivity index (χ1v) is 5.73. The zero-order valence-corrected chi connectivity index (χ0v) is 9.35. The van der Waals surface area contributed by atoms with Crippen LogP contribution >= 0.6 is 0 Å². The Morgan fingerprint density at radius 2 is 2.33 bits per heavy atom. The molecule has 0 N–H and O–H groups in total. The van der Waals surface area contributed by atoms with Crippen LogP contribution in [0.5, 0.6) is 0 Å². The lowest BCUT2D eigenvalue weighted by Crippen LogP contribution is -2.46. The minimum Gasteiger partial charge on any atom is -0.374 e.